The lowest BCUT2D eigenvalue weighted by molar-refractivity contribution is -0.137. The minimum absolute atomic E-state index is 0.263. The average molecular weight is 554 g/mol. The van der Waals surface area contributed by atoms with E-state index in [0.29, 0.717) is 49.0 Å². The molecule has 0 bridgehead atoms. The molecule has 2 aliphatic rings. The van der Waals surface area contributed by atoms with E-state index in [9.17, 15) is 18.0 Å². The maximum Gasteiger partial charge on any atom is 0.416 e. The smallest absolute Gasteiger partial charge is 0.369 e. The summed E-state index contributed by atoms with van der Waals surface area (Å²) in [6.45, 7) is 4.89. The highest BCUT2D eigenvalue weighted by atomic mass is 35.5. The quantitative estimate of drug-likeness (QED) is 0.441. The number of pyridine rings is 1. The Labute approximate surface area is 229 Å². The van der Waals surface area contributed by atoms with E-state index in [1.807, 2.05) is 30.0 Å². The van der Waals surface area contributed by atoms with E-state index < -0.39 is 17.4 Å². The van der Waals surface area contributed by atoms with Gasteiger partial charge in [-0.25, -0.2) is 0 Å². The zero-order valence-electron chi connectivity index (χ0n) is 21.3. The molecule has 6 nitrogen and oxygen atoms in total. The number of nitrogens with one attached hydrogen (secondary N) is 1. The van der Waals surface area contributed by atoms with E-state index in [1.54, 1.807) is 42.7 Å². The minimum atomic E-state index is -4.38. The molecule has 1 amide bonds. The Balaban J connectivity index is 1.32. The Kier molecular flexibility index (Phi) is 7.46. The molecular formula is C29H27ClF3N5O. The number of nitrogens with zero attached hydrogens (tertiary/aromatic N) is 4. The molecule has 0 aliphatic carbocycles. The van der Waals surface area contributed by atoms with Gasteiger partial charge in [-0.1, -0.05) is 29.8 Å². The van der Waals surface area contributed by atoms with Crippen molar-refractivity contribution in [2.45, 2.75) is 18.8 Å². The second kappa shape index (κ2) is 10.8. The Morgan fingerprint density at radius 3 is 2.38 bits per heavy atom. The fourth-order valence-electron chi connectivity index (χ4n) is 4.81. The van der Waals surface area contributed by atoms with Crippen LogP contribution in [-0.4, -0.2) is 59.9 Å². The number of hydrogen-bond donors (Lipinski definition) is 1. The minimum Gasteiger partial charge on any atom is -0.369 e. The average Bonchev–Trinajstić information content (AvgIpc) is 3.24. The fraction of sp³-hybridized carbons (Fsp3) is 0.276. The van der Waals surface area contributed by atoms with Crippen molar-refractivity contribution in [2.75, 3.05) is 37.6 Å². The molecule has 1 atom stereocenters. The molecule has 202 valence electrons. The van der Waals surface area contributed by atoms with Crippen LogP contribution in [-0.2, 0) is 6.18 Å². The molecule has 2 aromatic carbocycles. The van der Waals surface area contributed by atoms with Gasteiger partial charge in [0.25, 0.3) is 5.91 Å². The first-order valence-electron chi connectivity index (χ1n) is 12.5. The van der Waals surface area contributed by atoms with Gasteiger partial charge in [0.1, 0.15) is 0 Å². The van der Waals surface area contributed by atoms with E-state index in [2.05, 4.69) is 15.2 Å². The monoisotopic (exact) mass is 553 g/mol. The van der Waals surface area contributed by atoms with Crippen molar-refractivity contribution in [2.24, 2.45) is 4.99 Å². The molecule has 3 heterocycles. The van der Waals surface area contributed by atoms with Gasteiger partial charge in [0, 0.05) is 61.4 Å². The number of aromatic nitrogens is 1. The molecule has 39 heavy (non-hydrogen) atoms. The van der Waals surface area contributed by atoms with E-state index in [0.717, 1.165) is 22.9 Å². The normalized spacial score (nSPS) is 20.0. The third kappa shape index (κ3) is 6.15. The van der Waals surface area contributed by atoms with Gasteiger partial charge in [0.05, 0.1) is 11.3 Å². The van der Waals surface area contributed by atoms with Crippen molar-refractivity contribution in [3.63, 3.8) is 0 Å². The predicted octanol–water partition coefficient (Wildman–Crippen LogP) is 5.45. The SMILES string of the molecule is CC1(NC(=O)c2ccncc2)N=C(c2ccc(Cl)cc2)C=C1CN1CCN(c2cccc(C(F)(F)F)c2)CC1. The van der Waals surface area contributed by atoms with Crippen LogP contribution in [0.3, 0.4) is 0 Å². The Bertz CT molecular complexity index is 1400. The molecule has 1 N–H and O–H groups in total. The Morgan fingerprint density at radius 2 is 1.72 bits per heavy atom. The number of rotatable bonds is 6. The Hall–Kier alpha value is -3.69. The summed E-state index contributed by atoms with van der Waals surface area (Å²) in [7, 11) is 0. The summed E-state index contributed by atoms with van der Waals surface area (Å²) in [5.41, 5.74) is 1.96. The lowest BCUT2D eigenvalue weighted by Gasteiger charge is -2.38. The number of hydrogen-bond acceptors (Lipinski definition) is 5. The third-order valence-electron chi connectivity index (χ3n) is 7.02. The summed E-state index contributed by atoms with van der Waals surface area (Å²) in [6, 6.07) is 16.1. The van der Waals surface area contributed by atoms with Crippen LogP contribution < -0.4 is 10.2 Å². The van der Waals surface area contributed by atoms with Crippen molar-refractivity contribution in [3.05, 3.63) is 106 Å². The van der Waals surface area contributed by atoms with Crippen LogP contribution in [0.15, 0.2) is 89.7 Å². The number of amides is 1. The largest absolute Gasteiger partial charge is 0.416 e. The van der Waals surface area contributed by atoms with E-state index in [1.165, 1.54) is 12.1 Å². The van der Waals surface area contributed by atoms with Gasteiger partial charge < -0.3 is 10.2 Å². The van der Waals surface area contributed by atoms with Crippen LogP contribution in [0.1, 0.15) is 28.4 Å². The predicted molar refractivity (Wildman–Crippen MR) is 146 cm³/mol. The zero-order chi connectivity index (χ0) is 27.6. The van der Waals surface area contributed by atoms with Crippen molar-refractivity contribution in [3.8, 4) is 0 Å². The lowest BCUT2D eigenvalue weighted by Crippen LogP contribution is -2.51. The molecule has 5 rings (SSSR count). The summed E-state index contributed by atoms with van der Waals surface area (Å²) in [6.07, 6.45) is 0.749. The zero-order valence-corrected chi connectivity index (χ0v) is 22.0. The first kappa shape index (κ1) is 26.9. The highest BCUT2D eigenvalue weighted by Gasteiger charge is 2.37. The van der Waals surface area contributed by atoms with Crippen molar-refractivity contribution >= 4 is 28.9 Å². The number of carbonyl (C=O) groups is 1. The molecule has 10 heteroatoms. The third-order valence-corrected chi connectivity index (χ3v) is 7.28. The summed E-state index contributed by atoms with van der Waals surface area (Å²) in [4.78, 5) is 26.2. The molecule has 1 aromatic heterocycles. The summed E-state index contributed by atoms with van der Waals surface area (Å²) < 4.78 is 39.6. The van der Waals surface area contributed by atoms with Gasteiger partial charge in [0.2, 0.25) is 0 Å². The van der Waals surface area contributed by atoms with Crippen LogP contribution >= 0.6 is 11.6 Å². The summed E-state index contributed by atoms with van der Waals surface area (Å²) >= 11 is 6.07. The van der Waals surface area contributed by atoms with Gasteiger partial charge in [-0.15, -0.1) is 0 Å². The number of alkyl halides is 3. The van der Waals surface area contributed by atoms with Crippen LogP contribution in [0.2, 0.25) is 5.02 Å². The molecule has 0 saturated carbocycles. The van der Waals surface area contributed by atoms with E-state index >= 15 is 0 Å². The fourth-order valence-corrected chi connectivity index (χ4v) is 4.93. The standard InChI is InChI=1S/C29H27ClF3N5O/c1-28(36-27(39)21-9-11-34-12-10-21)23(18-26(35-28)20-5-7-24(30)8-6-20)19-37-13-15-38(16-14-37)25-4-2-3-22(17-25)29(31,32)33/h2-12,17-18H,13-16,19H2,1H3,(H,36,39). The second-order valence-electron chi connectivity index (χ2n) is 9.75. The molecule has 3 aromatic rings. The van der Waals surface area contributed by atoms with Gasteiger partial charge in [-0.05, 0) is 66.6 Å². The number of allylic oxidation sites excluding steroid dienone is 1. The maximum absolute atomic E-state index is 13.2. The summed E-state index contributed by atoms with van der Waals surface area (Å²) in [5, 5.41) is 3.70. The molecule has 0 spiro atoms. The number of benzene rings is 2. The number of carbonyl (C=O) groups excluding carboxylic acids is 1. The van der Waals surface area contributed by atoms with Gasteiger partial charge >= 0.3 is 6.18 Å². The van der Waals surface area contributed by atoms with Gasteiger partial charge in [-0.3, -0.25) is 19.7 Å². The van der Waals surface area contributed by atoms with Crippen molar-refractivity contribution in [1.82, 2.24) is 15.2 Å². The number of piperazine rings is 1. The molecule has 1 unspecified atom stereocenters. The van der Waals surface area contributed by atoms with Crippen LogP contribution in [0.25, 0.3) is 0 Å². The highest BCUT2D eigenvalue weighted by molar-refractivity contribution is 6.30. The second-order valence-corrected chi connectivity index (χ2v) is 10.2. The van der Waals surface area contributed by atoms with Gasteiger partial charge in [-0.2, -0.15) is 13.2 Å². The van der Waals surface area contributed by atoms with E-state index in [4.69, 9.17) is 16.6 Å². The molecule has 2 aliphatic heterocycles. The lowest BCUT2D eigenvalue weighted by atomic mass is 10.0. The van der Waals surface area contributed by atoms with E-state index in [-0.39, 0.29) is 5.91 Å². The first-order chi connectivity index (χ1) is 18.6. The van der Waals surface area contributed by atoms with Crippen LogP contribution in [0.5, 0.6) is 0 Å². The number of anilines is 1. The molecular weight excluding hydrogens is 527 g/mol. The first-order valence-corrected chi connectivity index (χ1v) is 12.9. The molecule has 1 saturated heterocycles. The highest BCUT2D eigenvalue weighted by Crippen LogP contribution is 2.33. The molecule has 1 fully saturated rings. The van der Waals surface area contributed by atoms with Crippen molar-refractivity contribution < 1.29 is 18.0 Å². The topological polar surface area (TPSA) is 60.8 Å². The van der Waals surface area contributed by atoms with Crippen LogP contribution in [0, 0.1) is 0 Å². The number of aliphatic imine (C=N–C) groups is 1. The Morgan fingerprint density at radius 1 is 1.03 bits per heavy atom. The van der Waals surface area contributed by atoms with Crippen LogP contribution in [0.4, 0.5) is 18.9 Å². The summed E-state index contributed by atoms with van der Waals surface area (Å²) in [5.74, 6) is -0.263. The number of halogens is 4. The van der Waals surface area contributed by atoms with Crippen molar-refractivity contribution in [1.29, 1.82) is 0 Å². The maximum atomic E-state index is 13.2. The molecule has 0 radical (unpaired) electrons. The van der Waals surface area contributed by atoms with Gasteiger partial charge in [0.15, 0.2) is 5.66 Å².